The minimum Gasteiger partial charge on any atom is -0.478 e. The van der Waals surface area contributed by atoms with Crippen LogP contribution in [0.2, 0.25) is 0 Å². The Balaban J connectivity index is 0.00000176. The van der Waals surface area contributed by atoms with Crippen LogP contribution in [-0.4, -0.2) is 29.6 Å². The first kappa shape index (κ1) is 26.1. The molecule has 0 amide bonds. The van der Waals surface area contributed by atoms with Crippen LogP contribution in [-0.2, 0) is 4.79 Å². The molecule has 3 rings (SSSR count). The number of thioether (sulfide) groups is 2. The number of hydrogen-bond donors (Lipinski definition) is 1. The summed E-state index contributed by atoms with van der Waals surface area (Å²) in [5, 5.41) is 8.82. The molecule has 1 atom stereocenters. The summed E-state index contributed by atoms with van der Waals surface area (Å²) >= 11 is 3.34. The van der Waals surface area contributed by atoms with Gasteiger partial charge in [0.2, 0.25) is 0 Å². The Bertz CT molecular complexity index is 903. The number of carboxylic acid groups (broad SMARTS) is 1. The number of anilines is 2. The number of unbranched alkanes of at least 4 members (excludes halogenated alkanes) is 1. The summed E-state index contributed by atoms with van der Waals surface area (Å²) in [6.07, 6.45) is 7.64. The van der Waals surface area contributed by atoms with E-state index in [0.29, 0.717) is 11.7 Å². The van der Waals surface area contributed by atoms with Crippen molar-refractivity contribution in [3.05, 3.63) is 54.6 Å². The number of hydrogen-bond acceptors (Lipinski definition) is 5. The molecule has 32 heavy (non-hydrogen) atoms. The average Bonchev–Trinajstić information content (AvgIpc) is 2.98. The molecule has 0 radical (unpaired) electrons. The van der Waals surface area contributed by atoms with Gasteiger partial charge in [-0.25, -0.2) is 9.18 Å². The van der Waals surface area contributed by atoms with Gasteiger partial charge in [0.1, 0.15) is 11.6 Å². The van der Waals surface area contributed by atoms with Crippen molar-refractivity contribution in [1.29, 1.82) is 0 Å². The van der Waals surface area contributed by atoms with Crippen LogP contribution in [0, 0.1) is 11.7 Å². The monoisotopic (exact) mass is 477 g/mol. The molecular formula is C25H32FNO3S2. The first-order chi connectivity index (χ1) is 15.5. The van der Waals surface area contributed by atoms with Crippen molar-refractivity contribution in [3.63, 3.8) is 0 Å². The second-order valence-corrected chi connectivity index (χ2v) is 9.05. The summed E-state index contributed by atoms with van der Waals surface area (Å²) in [6, 6.07) is 10.7. The molecule has 0 unspecified atom stereocenters. The van der Waals surface area contributed by atoms with Crippen LogP contribution in [0.1, 0.15) is 40.0 Å². The van der Waals surface area contributed by atoms with Crippen LogP contribution >= 0.6 is 23.5 Å². The van der Waals surface area contributed by atoms with Gasteiger partial charge in [0.05, 0.1) is 22.9 Å². The minimum absolute atomic E-state index is 0.246. The van der Waals surface area contributed by atoms with E-state index in [1.807, 2.05) is 38.3 Å². The zero-order valence-corrected chi connectivity index (χ0v) is 20.8. The molecule has 0 bridgehead atoms. The fourth-order valence-electron chi connectivity index (χ4n) is 3.42. The van der Waals surface area contributed by atoms with E-state index >= 15 is 0 Å². The maximum absolute atomic E-state index is 13.5. The molecule has 1 aliphatic rings. The number of carbonyl (C=O) groups is 1. The molecule has 0 aliphatic carbocycles. The molecule has 2 aromatic carbocycles. The highest BCUT2D eigenvalue weighted by Crippen LogP contribution is 2.45. The van der Waals surface area contributed by atoms with Gasteiger partial charge in [-0.1, -0.05) is 33.6 Å². The summed E-state index contributed by atoms with van der Waals surface area (Å²) in [5.74, 6) is 0.850. The van der Waals surface area contributed by atoms with Crippen LogP contribution in [0.4, 0.5) is 15.8 Å². The summed E-state index contributed by atoms with van der Waals surface area (Å²) in [4.78, 5) is 15.0. The molecular weight excluding hydrogens is 445 g/mol. The van der Waals surface area contributed by atoms with Gasteiger partial charge in [-0.15, -0.1) is 23.5 Å². The highest BCUT2D eigenvalue weighted by molar-refractivity contribution is 7.99. The molecule has 2 aromatic rings. The van der Waals surface area contributed by atoms with Crippen molar-refractivity contribution in [1.82, 2.24) is 0 Å². The summed E-state index contributed by atoms with van der Waals surface area (Å²) in [5.41, 5.74) is 2.04. The second kappa shape index (κ2) is 13.4. The van der Waals surface area contributed by atoms with Gasteiger partial charge in [-0.2, -0.15) is 0 Å². The smallest absolute Gasteiger partial charge is 0.331 e. The van der Waals surface area contributed by atoms with Crippen molar-refractivity contribution in [2.45, 2.75) is 49.8 Å². The topological polar surface area (TPSA) is 49.8 Å². The normalized spacial score (nSPS) is 15.5. The van der Waals surface area contributed by atoms with E-state index in [2.05, 4.69) is 17.9 Å². The number of rotatable bonds is 8. The average molecular weight is 478 g/mol. The van der Waals surface area contributed by atoms with E-state index in [9.17, 15) is 9.18 Å². The fourth-order valence-corrected chi connectivity index (χ4v) is 5.16. The molecule has 4 nitrogen and oxygen atoms in total. The zero-order valence-electron chi connectivity index (χ0n) is 19.1. The standard InChI is InChI=1S/C23H26FNO3S2.C2H6/c1-3-4-5-16-14-25(18-8-6-17(24)7-9-18)19-12-22(29-2)20(13-21(19)30-15-16)28-11-10-23(26)27;1-2/h6-13,16H,3-5,14-15H2,1-2H3,(H,26,27);1-2H3/b11-10+;/t16-;/m0./s1. The van der Waals surface area contributed by atoms with Crippen LogP contribution in [0.3, 0.4) is 0 Å². The fraction of sp³-hybridized carbons (Fsp3) is 0.400. The highest BCUT2D eigenvalue weighted by Gasteiger charge is 2.25. The van der Waals surface area contributed by atoms with E-state index in [0.717, 1.165) is 52.4 Å². The molecule has 1 heterocycles. The predicted molar refractivity (Wildman–Crippen MR) is 134 cm³/mol. The first-order valence-electron chi connectivity index (χ1n) is 11.0. The summed E-state index contributed by atoms with van der Waals surface area (Å²) in [6.45, 7) is 7.08. The molecule has 0 saturated carbocycles. The Kier molecular flexibility index (Phi) is 11.0. The van der Waals surface area contributed by atoms with E-state index in [1.165, 1.54) is 24.8 Å². The minimum atomic E-state index is -1.05. The number of benzene rings is 2. The molecule has 1 aliphatic heterocycles. The third kappa shape index (κ3) is 7.20. The van der Waals surface area contributed by atoms with Crippen molar-refractivity contribution in [2.24, 2.45) is 5.92 Å². The Morgan fingerprint density at radius 3 is 2.66 bits per heavy atom. The predicted octanol–water partition coefficient (Wildman–Crippen LogP) is 7.60. The number of fused-ring (bicyclic) bond motifs is 1. The zero-order chi connectivity index (χ0) is 23.5. The van der Waals surface area contributed by atoms with E-state index in [1.54, 1.807) is 23.5 Å². The number of nitrogens with zero attached hydrogens (tertiary/aromatic N) is 1. The van der Waals surface area contributed by atoms with Gasteiger partial charge in [-0.3, -0.25) is 0 Å². The molecule has 7 heteroatoms. The third-order valence-electron chi connectivity index (χ3n) is 4.96. The molecule has 1 N–H and O–H groups in total. The maximum Gasteiger partial charge on any atom is 0.331 e. The lowest BCUT2D eigenvalue weighted by molar-refractivity contribution is -0.131. The van der Waals surface area contributed by atoms with Crippen molar-refractivity contribution >= 4 is 40.9 Å². The van der Waals surface area contributed by atoms with Crippen molar-refractivity contribution < 1.29 is 19.0 Å². The number of ether oxygens (including phenoxy) is 1. The van der Waals surface area contributed by atoms with Gasteiger partial charge in [0.25, 0.3) is 0 Å². The lowest BCUT2D eigenvalue weighted by atomic mass is 10.0. The quantitative estimate of drug-likeness (QED) is 0.240. The van der Waals surface area contributed by atoms with E-state index in [4.69, 9.17) is 9.84 Å². The Morgan fingerprint density at radius 1 is 1.31 bits per heavy atom. The molecule has 0 fully saturated rings. The Hall–Kier alpha value is -2.12. The van der Waals surface area contributed by atoms with Crippen molar-refractivity contribution in [2.75, 3.05) is 23.5 Å². The largest absolute Gasteiger partial charge is 0.478 e. The highest BCUT2D eigenvalue weighted by atomic mass is 32.2. The summed E-state index contributed by atoms with van der Waals surface area (Å²) < 4.78 is 19.2. The molecule has 0 saturated heterocycles. The van der Waals surface area contributed by atoms with E-state index in [-0.39, 0.29) is 5.82 Å². The van der Waals surface area contributed by atoms with Gasteiger partial charge in [0, 0.05) is 22.9 Å². The SMILES string of the molecule is CC.CCCC[C@@H]1CSc2cc(O/C=C/C(=O)O)c(SC)cc2N(c2ccc(F)cc2)C1. The van der Waals surface area contributed by atoms with E-state index < -0.39 is 5.97 Å². The molecule has 0 aromatic heterocycles. The van der Waals surface area contributed by atoms with Crippen LogP contribution in [0.5, 0.6) is 5.75 Å². The van der Waals surface area contributed by atoms with Crippen molar-refractivity contribution in [3.8, 4) is 5.75 Å². The number of aliphatic carboxylic acids is 1. The first-order valence-corrected chi connectivity index (χ1v) is 13.2. The molecule has 174 valence electrons. The van der Waals surface area contributed by atoms with Gasteiger partial charge in [-0.05, 0) is 55.0 Å². The van der Waals surface area contributed by atoms with Crippen LogP contribution in [0.15, 0.2) is 58.5 Å². The summed E-state index contributed by atoms with van der Waals surface area (Å²) in [7, 11) is 0. The second-order valence-electron chi connectivity index (χ2n) is 7.14. The van der Waals surface area contributed by atoms with Gasteiger partial charge in [0.15, 0.2) is 0 Å². The lowest BCUT2D eigenvalue weighted by Crippen LogP contribution is -2.25. The van der Waals surface area contributed by atoms with Gasteiger partial charge < -0.3 is 14.7 Å². The van der Waals surface area contributed by atoms with Gasteiger partial charge >= 0.3 is 5.97 Å². The number of halogens is 1. The maximum atomic E-state index is 13.5. The third-order valence-corrected chi connectivity index (χ3v) is 7.00. The lowest BCUT2D eigenvalue weighted by Gasteiger charge is -2.28. The Labute approximate surface area is 199 Å². The van der Waals surface area contributed by atoms with Crippen LogP contribution < -0.4 is 9.64 Å². The van der Waals surface area contributed by atoms with Crippen LogP contribution in [0.25, 0.3) is 0 Å². The Morgan fingerprint density at radius 2 is 2.03 bits per heavy atom. The molecule has 0 spiro atoms. The number of carboxylic acids is 1.